The molecule has 0 unspecified atom stereocenters. The van der Waals surface area contributed by atoms with Crippen molar-refractivity contribution in [2.24, 2.45) is 10.9 Å². The van der Waals surface area contributed by atoms with Crippen LogP contribution >= 0.6 is 27.7 Å². The molecule has 1 fully saturated rings. The summed E-state index contributed by atoms with van der Waals surface area (Å²) in [6, 6.07) is 13.1. The number of hydrogen-bond acceptors (Lipinski definition) is 4. The Balaban J connectivity index is 1.98. The van der Waals surface area contributed by atoms with E-state index in [4.69, 9.17) is 0 Å². The molecule has 1 saturated heterocycles. The van der Waals surface area contributed by atoms with E-state index in [1.807, 2.05) is 31.2 Å². The molecule has 0 atom stereocenters. The fourth-order valence-electron chi connectivity index (χ4n) is 2.63. The first-order valence-corrected chi connectivity index (χ1v) is 10.3. The molecule has 2 aromatic carbocycles. The van der Waals surface area contributed by atoms with Crippen LogP contribution in [-0.2, 0) is 4.79 Å². The van der Waals surface area contributed by atoms with Crippen molar-refractivity contribution in [1.29, 1.82) is 0 Å². The number of rotatable bonds is 4. The second-order valence-corrected chi connectivity index (χ2v) is 8.78. The van der Waals surface area contributed by atoms with Crippen LogP contribution in [0.5, 0.6) is 5.75 Å². The lowest BCUT2D eigenvalue weighted by Crippen LogP contribution is -2.32. The van der Waals surface area contributed by atoms with Gasteiger partial charge in [0.1, 0.15) is 5.75 Å². The average Bonchev–Trinajstić information content (AvgIpc) is 2.88. The van der Waals surface area contributed by atoms with Crippen LogP contribution in [0.2, 0.25) is 0 Å². The van der Waals surface area contributed by atoms with E-state index >= 15 is 0 Å². The Bertz CT molecular complexity index is 920. The van der Waals surface area contributed by atoms with Gasteiger partial charge in [-0.05, 0) is 61.0 Å². The molecule has 1 aliphatic heterocycles. The Morgan fingerprint density at radius 1 is 1.22 bits per heavy atom. The monoisotopic (exact) mass is 444 g/mol. The van der Waals surface area contributed by atoms with Crippen molar-refractivity contribution >= 4 is 50.5 Å². The molecule has 0 radical (unpaired) electrons. The molecule has 1 N–H and O–H groups in total. The summed E-state index contributed by atoms with van der Waals surface area (Å²) < 4.78 is 0.843. The minimum Gasteiger partial charge on any atom is -0.507 e. The highest BCUT2D eigenvalue weighted by Gasteiger charge is 2.33. The van der Waals surface area contributed by atoms with Gasteiger partial charge < -0.3 is 5.11 Å². The number of benzene rings is 2. The summed E-state index contributed by atoms with van der Waals surface area (Å²) in [7, 11) is 0. The van der Waals surface area contributed by atoms with Crippen LogP contribution in [0.4, 0.5) is 5.69 Å². The van der Waals surface area contributed by atoms with Crippen LogP contribution in [0.1, 0.15) is 25.0 Å². The van der Waals surface area contributed by atoms with Gasteiger partial charge >= 0.3 is 0 Å². The van der Waals surface area contributed by atoms with Crippen molar-refractivity contribution < 1.29 is 9.90 Å². The normalized spacial score (nSPS) is 17.5. The number of thioether (sulfide) groups is 1. The van der Waals surface area contributed by atoms with Gasteiger partial charge in [0.15, 0.2) is 5.17 Å². The van der Waals surface area contributed by atoms with Gasteiger partial charge in [0.25, 0.3) is 5.91 Å². The fourth-order valence-corrected chi connectivity index (χ4v) is 4.01. The second kappa shape index (κ2) is 8.31. The maximum Gasteiger partial charge on any atom is 0.266 e. The van der Waals surface area contributed by atoms with Gasteiger partial charge in [0, 0.05) is 16.6 Å². The van der Waals surface area contributed by atoms with Gasteiger partial charge in [-0.3, -0.25) is 9.69 Å². The SMILES string of the molecule is Cc1ccc(N=C2S/C(=C/c3cc(Br)ccc3O)C(=O)N2CC(C)C)cc1. The van der Waals surface area contributed by atoms with Crippen molar-refractivity contribution in [3.63, 3.8) is 0 Å². The van der Waals surface area contributed by atoms with Crippen molar-refractivity contribution in [2.45, 2.75) is 20.8 Å². The van der Waals surface area contributed by atoms with E-state index in [9.17, 15) is 9.90 Å². The lowest BCUT2D eigenvalue weighted by Gasteiger charge is -2.17. The standard InChI is InChI=1S/C21H21BrN2O2S/c1-13(2)12-24-20(26)19(11-15-10-16(22)6-9-18(15)25)27-21(24)23-17-7-4-14(3)5-8-17/h4-11,13,25H,12H2,1-3H3/b19-11+,23-21?. The molecule has 0 aliphatic carbocycles. The molecule has 1 heterocycles. The number of phenols is 1. The number of aliphatic imine (C=N–C) groups is 1. The zero-order valence-electron chi connectivity index (χ0n) is 15.4. The van der Waals surface area contributed by atoms with Crippen molar-refractivity contribution in [3.8, 4) is 5.75 Å². The van der Waals surface area contributed by atoms with Gasteiger partial charge in [-0.25, -0.2) is 4.99 Å². The van der Waals surface area contributed by atoms with E-state index in [1.54, 1.807) is 29.2 Å². The van der Waals surface area contributed by atoms with E-state index in [2.05, 4.69) is 34.8 Å². The molecule has 1 aliphatic rings. The summed E-state index contributed by atoms with van der Waals surface area (Å²) in [6.07, 6.45) is 1.72. The number of carbonyl (C=O) groups is 1. The lowest BCUT2D eigenvalue weighted by molar-refractivity contribution is -0.122. The Kier molecular flexibility index (Phi) is 6.07. The van der Waals surface area contributed by atoms with Gasteiger partial charge in [-0.15, -0.1) is 0 Å². The summed E-state index contributed by atoms with van der Waals surface area (Å²) in [6.45, 7) is 6.77. The van der Waals surface area contributed by atoms with Gasteiger partial charge in [-0.2, -0.15) is 0 Å². The number of amidine groups is 1. The Labute approximate surface area is 172 Å². The maximum atomic E-state index is 13.0. The average molecular weight is 445 g/mol. The smallest absolute Gasteiger partial charge is 0.266 e. The zero-order chi connectivity index (χ0) is 19.6. The van der Waals surface area contributed by atoms with Gasteiger partial charge in [-0.1, -0.05) is 47.5 Å². The van der Waals surface area contributed by atoms with Crippen LogP contribution in [0.25, 0.3) is 6.08 Å². The quantitative estimate of drug-likeness (QED) is 0.613. The largest absolute Gasteiger partial charge is 0.507 e. The zero-order valence-corrected chi connectivity index (χ0v) is 17.8. The molecule has 140 valence electrons. The van der Waals surface area contributed by atoms with E-state index < -0.39 is 0 Å². The van der Waals surface area contributed by atoms with Gasteiger partial charge in [0.05, 0.1) is 10.6 Å². The topological polar surface area (TPSA) is 52.9 Å². The lowest BCUT2D eigenvalue weighted by atomic mass is 10.1. The Morgan fingerprint density at radius 2 is 1.93 bits per heavy atom. The predicted molar refractivity (Wildman–Crippen MR) is 116 cm³/mol. The minimum atomic E-state index is -0.0843. The number of halogens is 1. The Morgan fingerprint density at radius 3 is 2.59 bits per heavy atom. The molecule has 2 aromatic rings. The number of aromatic hydroxyl groups is 1. The number of amides is 1. The molecule has 27 heavy (non-hydrogen) atoms. The molecule has 1 amide bonds. The number of aryl methyl sites for hydroxylation is 1. The highest BCUT2D eigenvalue weighted by atomic mass is 79.9. The van der Waals surface area contributed by atoms with Crippen molar-refractivity contribution in [2.75, 3.05) is 6.54 Å². The molecule has 0 aromatic heterocycles. The maximum absolute atomic E-state index is 13.0. The van der Waals surface area contributed by atoms with Crippen LogP contribution < -0.4 is 0 Å². The minimum absolute atomic E-state index is 0.0843. The highest BCUT2D eigenvalue weighted by Crippen LogP contribution is 2.36. The number of phenolic OH excluding ortho intramolecular Hbond substituents is 1. The summed E-state index contributed by atoms with van der Waals surface area (Å²) in [5.74, 6) is 0.369. The number of nitrogens with zero attached hydrogens (tertiary/aromatic N) is 2. The summed E-state index contributed by atoms with van der Waals surface area (Å²) in [5.41, 5.74) is 2.58. The van der Waals surface area contributed by atoms with Gasteiger partial charge in [0.2, 0.25) is 0 Å². The third kappa shape index (κ3) is 4.82. The van der Waals surface area contributed by atoms with Crippen LogP contribution in [0.3, 0.4) is 0 Å². The predicted octanol–water partition coefficient (Wildman–Crippen LogP) is 5.72. The fraction of sp³-hybridized carbons (Fsp3) is 0.238. The summed E-state index contributed by atoms with van der Waals surface area (Å²) in [4.78, 5) is 19.9. The van der Waals surface area contributed by atoms with E-state index in [0.717, 1.165) is 10.2 Å². The Hall–Kier alpha value is -2.05. The highest BCUT2D eigenvalue weighted by molar-refractivity contribution is 9.10. The summed E-state index contributed by atoms with van der Waals surface area (Å²) in [5, 5.41) is 10.8. The molecular weight excluding hydrogens is 424 g/mol. The van der Waals surface area contributed by atoms with E-state index in [1.165, 1.54) is 17.3 Å². The molecular formula is C21H21BrN2O2S. The van der Waals surface area contributed by atoms with Crippen molar-refractivity contribution in [3.05, 3.63) is 63.0 Å². The molecule has 0 bridgehead atoms. The third-order valence-corrected chi connectivity index (χ3v) is 5.47. The van der Waals surface area contributed by atoms with E-state index in [-0.39, 0.29) is 11.7 Å². The molecule has 3 rings (SSSR count). The third-order valence-electron chi connectivity index (χ3n) is 3.97. The molecule has 6 heteroatoms. The van der Waals surface area contributed by atoms with Crippen LogP contribution in [-0.4, -0.2) is 27.6 Å². The second-order valence-electron chi connectivity index (χ2n) is 6.85. The molecule has 0 spiro atoms. The van der Waals surface area contributed by atoms with Crippen molar-refractivity contribution in [1.82, 2.24) is 4.90 Å². The first-order valence-electron chi connectivity index (χ1n) is 8.69. The van der Waals surface area contributed by atoms with Crippen LogP contribution in [0.15, 0.2) is 56.8 Å². The first kappa shape index (κ1) is 19.7. The van der Waals surface area contributed by atoms with Crippen LogP contribution in [0, 0.1) is 12.8 Å². The first-order chi connectivity index (χ1) is 12.8. The molecule has 4 nitrogen and oxygen atoms in total. The number of hydrogen-bond donors (Lipinski definition) is 1. The van der Waals surface area contributed by atoms with E-state index in [0.29, 0.717) is 28.1 Å². The summed E-state index contributed by atoms with van der Waals surface area (Å²) >= 11 is 4.74. The number of carbonyl (C=O) groups excluding carboxylic acids is 1. The molecule has 0 saturated carbocycles.